The summed E-state index contributed by atoms with van der Waals surface area (Å²) in [5.41, 5.74) is 0.692. The normalized spacial score (nSPS) is 13.1. The third kappa shape index (κ3) is 4.93. The molecule has 0 saturated heterocycles. The number of thioether (sulfide) groups is 1. The molecule has 0 saturated carbocycles. The Morgan fingerprint density at radius 2 is 1.89 bits per heavy atom. The molecule has 1 heterocycles. The van der Waals surface area contributed by atoms with Crippen molar-refractivity contribution >= 4 is 21.8 Å². The molecule has 152 valence electrons. The molecule has 0 aliphatic heterocycles. The average molecular weight is 422 g/mol. The van der Waals surface area contributed by atoms with E-state index in [9.17, 15) is 8.42 Å². The van der Waals surface area contributed by atoms with Crippen LogP contribution >= 0.6 is 11.8 Å². The Bertz CT molecular complexity index is 943. The molecule has 2 rings (SSSR count). The molecule has 1 aromatic heterocycles. The summed E-state index contributed by atoms with van der Waals surface area (Å²) < 4.78 is 29.1. The van der Waals surface area contributed by atoms with Crippen LogP contribution in [0.15, 0.2) is 34.3 Å². The molecular weight excluding hydrogens is 394 g/mol. The van der Waals surface area contributed by atoms with Crippen LogP contribution in [0.1, 0.15) is 34.6 Å². The molecule has 0 bridgehead atoms. The van der Waals surface area contributed by atoms with Gasteiger partial charge in [-0.15, -0.1) is 10.2 Å². The Labute approximate surface area is 171 Å². The first-order valence-corrected chi connectivity index (χ1v) is 11.7. The maximum Gasteiger partial charge on any atom is 0.243 e. The zero-order valence-electron chi connectivity index (χ0n) is 17.0. The fourth-order valence-electron chi connectivity index (χ4n) is 2.81. The molecule has 2 aromatic rings. The number of rotatable bonds is 9. The van der Waals surface area contributed by atoms with Crippen LogP contribution in [-0.4, -0.2) is 45.8 Å². The highest BCUT2D eigenvalue weighted by Crippen LogP contribution is 2.29. The molecule has 1 atom stereocenters. The topological polar surface area (TPSA) is 91.9 Å². The molecule has 9 heteroatoms. The van der Waals surface area contributed by atoms with Gasteiger partial charge in [-0.3, -0.25) is 0 Å². The molecule has 0 fully saturated rings. The molecule has 0 aliphatic rings. The summed E-state index contributed by atoms with van der Waals surface area (Å²) in [5.74, 6) is 0.951. The first-order chi connectivity index (χ1) is 13.2. The van der Waals surface area contributed by atoms with E-state index in [1.165, 1.54) is 16.1 Å². The minimum Gasteiger partial charge on any atom is -0.302 e. The molecule has 0 unspecified atom stereocenters. The standard InChI is InChI=1S/C19H27N5O2S2/c1-6-23(7-2)28(25,26)17-10-8-9-16(11-17)18-21-22-19(27-15(5)12-20)24(18)13-14(3)4/h8-11,14-15H,6-7,13H2,1-5H3/t15-/m0/s1. The van der Waals surface area contributed by atoms with E-state index >= 15 is 0 Å². The molecule has 1 aromatic carbocycles. The molecule has 0 amide bonds. The number of aromatic nitrogens is 3. The summed E-state index contributed by atoms with van der Waals surface area (Å²) >= 11 is 1.35. The second kappa shape index (κ2) is 9.54. The summed E-state index contributed by atoms with van der Waals surface area (Å²) in [6.45, 7) is 11.2. The third-order valence-electron chi connectivity index (χ3n) is 4.16. The van der Waals surface area contributed by atoms with Crippen molar-refractivity contribution in [1.29, 1.82) is 5.26 Å². The fourth-order valence-corrected chi connectivity index (χ4v) is 5.06. The lowest BCUT2D eigenvalue weighted by Gasteiger charge is -2.19. The minimum absolute atomic E-state index is 0.243. The Balaban J connectivity index is 2.52. The molecular formula is C19H27N5O2S2. The van der Waals surface area contributed by atoms with Crippen LogP contribution in [0.2, 0.25) is 0 Å². The Hall–Kier alpha value is -1.89. The monoisotopic (exact) mass is 421 g/mol. The van der Waals surface area contributed by atoms with E-state index < -0.39 is 10.0 Å². The van der Waals surface area contributed by atoms with E-state index in [4.69, 9.17) is 5.26 Å². The van der Waals surface area contributed by atoms with Gasteiger partial charge in [-0.1, -0.05) is 51.6 Å². The Morgan fingerprint density at radius 3 is 2.46 bits per heavy atom. The highest BCUT2D eigenvalue weighted by molar-refractivity contribution is 8.00. The predicted octanol–water partition coefficient (Wildman–Crippen LogP) is 3.64. The summed E-state index contributed by atoms with van der Waals surface area (Å²) in [6, 6.07) is 9.01. The molecule has 0 spiro atoms. The van der Waals surface area contributed by atoms with Gasteiger partial charge >= 0.3 is 0 Å². The van der Waals surface area contributed by atoms with Gasteiger partial charge in [0, 0.05) is 25.2 Å². The number of nitrogens with zero attached hydrogens (tertiary/aromatic N) is 5. The Kier molecular flexibility index (Phi) is 7.63. The first-order valence-electron chi connectivity index (χ1n) is 9.34. The second-order valence-corrected chi connectivity index (χ2v) is 10.1. The van der Waals surface area contributed by atoms with Crippen molar-refractivity contribution in [2.75, 3.05) is 13.1 Å². The van der Waals surface area contributed by atoms with Crippen molar-refractivity contribution in [1.82, 2.24) is 19.1 Å². The molecule has 0 radical (unpaired) electrons. The zero-order valence-corrected chi connectivity index (χ0v) is 18.6. The van der Waals surface area contributed by atoms with Gasteiger partial charge in [0.1, 0.15) is 0 Å². The average Bonchev–Trinajstić information content (AvgIpc) is 3.04. The van der Waals surface area contributed by atoms with E-state index in [1.807, 2.05) is 31.4 Å². The van der Waals surface area contributed by atoms with Crippen LogP contribution in [0.25, 0.3) is 11.4 Å². The van der Waals surface area contributed by atoms with Crippen molar-refractivity contribution in [2.24, 2.45) is 5.92 Å². The van der Waals surface area contributed by atoms with Gasteiger partial charge in [0.15, 0.2) is 11.0 Å². The van der Waals surface area contributed by atoms with Crippen LogP contribution in [-0.2, 0) is 16.6 Å². The summed E-state index contributed by atoms with van der Waals surface area (Å²) in [5, 5.41) is 18.1. The lowest BCUT2D eigenvalue weighted by atomic mass is 10.2. The predicted molar refractivity (Wildman–Crippen MR) is 111 cm³/mol. The number of sulfonamides is 1. The Morgan fingerprint density at radius 1 is 1.21 bits per heavy atom. The minimum atomic E-state index is -3.56. The molecule has 0 N–H and O–H groups in total. The largest absolute Gasteiger partial charge is 0.302 e. The lowest BCUT2D eigenvalue weighted by Crippen LogP contribution is -2.30. The van der Waals surface area contributed by atoms with Crippen LogP contribution in [0, 0.1) is 17.2 Å². The van der Waals surface area contributed by atoms with Crippen LogP contribution < -0.4 is 0 Å². The summed E-state index contributed by atoms with van der Waals surface area (Å²) in [6.07, 6.45) is 0. The smallest absolute Gasteiger partial charge is 0.243 e. The van der Waals surface area contributed by atoms with E-state index in [1.54, 1.807) is 18.2 Å². The van der Waals surface area contributed by atoms with E-state index in [2.05, 4.69) is 30.1 Å². The maximum absolute atomic E-state index is 12.9. The van der Waals surface area contributed by atoms with E-state index in [0.717, 1.165) is 0 Å². The zero-order chi connectivity index (χ0) is 20.9. The van der Waals surface area contributed by atoms with Crippen LogP contribution in [0.5, 0.6) is 0 Å². The second-order valence-electron chi connectivity index (χ2n) is 6.82. The van der Waals surface area contributed by atoms with Crippen molar-refractivity contribution < 1.29 is 8.42 Å². The van der Waals surface area contributed by atoms with Crippen molar-refractivity contribution in [2.45, 2.75) is 56.5 Å². The van der Waals surface area contributed by atoms with Crippen molar-refractivity contribution in [3.05, 3.63) is 24.3 Å². The van der Waals surface area contributed by atoms with Crippen molar-refractivity contribution in [3.63, 3.8) is 0 Å². The van der Waals surface area contributed by atoms with Gasteiger partial charge in [0.2, 0.25) is 10.0 Å². The van der Waals surface area contributed by atoms with Crippen molar-refractivity contribution in [3.8, 4) is 17.5 Å². The molecule has 28 heavy (non-hydrogen) atoms. The van der Waals surface area contributed by atoms with Gasteiger partial charge in [0.05, 0.1) is 16.2 Å². The van der Waals surface area contributed by atoms with Crippen LogP contribution in [0.3, 0.4) is 0 Å². The number of benzene rings is 1. The van der Waals surface area contributed by atoms with Gasteiger partial charge in [-0.2, -0.15) is 9.57 Å². The molecule has 7 nitrogen and oxygen atoms in total. The fraction of sp³-hybridized carbons (Fsp3) is 0.526. The van der Waals surface area contributed by atoms with Gasteiger partial charge in [-0.05, 0) is 25.0 Å². The van der Waals surface area contributed by atoms with E-state index in [0.29, 0.717) is 42.1 Å². The number of nitriles is 1. The van der Waals surface area contributed by atoms with Gasteiger partial charge in [0.25, 0.3) is 0 Å². The number of hydrogen-bond donors (Lipinski definition) is 0. The van der Waals surface area contributed by atoms with Gasteiger partial charge in [-0.25, -0.2) is 8.42 Å². The first kappa shape index (κ1) is 22.4. The highest BCUT2D eigenvalue weighted by Gasteiger charge is 2.23. The third-order valence-corrected chi connectivity index (χ3v) is 7.18. The summed E-state index contributed by atoms with van der Waals surface area (Å²) in [4.78, 5) is 0.243. The molecule has 0 aliphatic carbocycles. The maximum atomic E-state index is 12.9. The van der Waals surface area contributed by atoms with E-state index in [-0.39, 0.29) is 10.1 Å². The quantitative estimate of drug-likeness (QED) is 0.574. The highest BCUT2D eigenvalue weighted by atomic mass is 32.2. The van der Waals surface area contributed by atoms with Crippen LogP contribution in [0.4, 0.5) is 0 Å². The number of hydrogen-bond acceptors (Lipinski definition) is 6. The SMILES string of the molecule is CCN(CC)S(=O)(=O)c1cccc(-c2nnc(S[C@@H](C)C#N)n2CC(C)C)c1. The lowest BCUT2D eigenvalue weighted by molar-refractivity contribution is 0.445. The van der Waals surface area contributed by atoms with Gasteiger partial charge < -0.3 is 4.57 Å². The summed E-state index contributed by atoms with van der Waals surface area (Å²) in [7, 11) is -3.56.